The highest BCUT2D eigenvalue weighted by molar-refractivity contribution is 5.77. The van der Waals surface area contributed by atoms with E-state index in [9.17, 15) is 4.79 Å². The van der Waals surface area contributed by atoms with Crippen molar-refractivity contribution in [3.8, 4) is 0 Å². The second-order valence-electron chi connectivity index (χ2n) is 4.97. The van der Waals surface area contributed by atoms with Gasteiger partial charge < -0.3 is 15.4 Å². The number of unbranched alkanes of at least 4 members (excludes halogenated alkanes) is 1. The molecule has 3 N–H and O–H groups in total. The Morgan fingerprint density at radius 2 is 2.28 bits per heavy atom. The molecule has 0 spiro atoms. The van der Waals surface area contributed by atoms with Crippen molar-refractivity contribution in [1.29, 1.82) is 0 Å². The number of hydrogen-bond acceptors (Lipinski definition) is 3. The fourth-order valence-electron chi connectivity index (χ4n) is 1.88. The summed E-state index contributed by atoms with van der Waals surface area (Å²) in [6.45, 7) is 4.58. The first-order valence-electron chi connectivity index (χ1n) is 6.49. The predicted octanol–water partition coefficient (Wildman–Crippen LogP) is 1.81. The zero-order chi connectivity index (χ0) is 13.6. The molecule has 102 valence electrons. The Bertz CT molecular complexity index is 385. The minimum Gasteiger partial charge on any atom is -0.480 e. The normalized spacial score (nSPS) is 14.4. The molecule has 0 fully saturated rings. The Labute approximate surface area is 108 Å². The van der Waals surface area contributed by atoms with Crippen LogP contribution in [-0.4, -0.2) is 26.2 Å². The summed E-state index contributed by atoms with van der Waals surface area (Å²) in [6, 6.07) is 0. The van der Waals surface area contributed by atoms with Gasteiger partial charge in [-0.25, -0.2) is 4.98 Å². The molecule has 18 heavy (non-hydrogen) atoms. The number of carboxylic acids is 1. The van der Waals surface area contributed by atoms with Crippen LogP contribution in [0.25, 0.3) is 0 Å². The van der Waals surface area contributed by atoms with E-state index in [4.69, 9.17) is 10.8 Å². The molecule has 1 aromatic rings. The number of carbonyl (C=O) groups is 1. The van der Waals surface area contributed by atoms with Crippen molar-refractivity contribution < 1.29 is 9.90 Å². The van der Waals surface area contributed by atoms with E-state index in [-0.39, 0.29) is 0 Å². The number of aryl methyl sites for hydroxylation is 2. The summed E-state index contributed by atoms with van der Waals surface area (Å²) in [5.41, 5.74) is 4.57. The zero-order valence-corrected chi connectivity index (χ0v) is 11.2. The summed E-state index contributed by atoms with van der Waals surface area (Å²) in [6.07, 6.45) is 8.09. The van der Waals surface area contributed by atoms with Crippen LogP contribution < -0.4 is 5.73 Å². The number of aromatic nitrogens is 2. The molecule has 1 rings (SSSR count). The Morgan fingerprint density at radius 1 is 1.56 bits per heavy atom. The van der Waals surface area contributed by atoms with Crippen molar-refractivity contribution in [1.82, 2.24) is 9.55 Å². The molecule has 0 aliphatic carbocycles. The van der Waals surface area contributed by atoms with Crippen molar-refractivity contribution in [2.45, 2.75) is 58.0 Å². The van der Waals surface area contributed by atoms with Crippen LogP contribution in [0.2, 0.25) is 0 Å². The van der Waals surface area contributed by atoms with Crippen LogP contribution >= 0.6 is 0 Å². The van der Waals surface area contributed by atoms with Gasteiger partial charge in [0.1, 0.15) is 11.4 Å². The number of rotatable bonds is 8. The second-order valence-corrected chi connectivity index (χ2v) is 4.97. The van der Waals surface area contributed by atoms with Crippen LogP contribution in [0.4, 0.5) is 0 Å². The van der Waals surface area contributed by atoms with Gasteiger partial charge in [0.25, 0.3) is 0 Å². The number of nitrogens with two attached hydrogens (primary N) is 1. The van der Waals surface area contributed by atoms with Crippen molar-refractivity contribution in [2.75, 3.05) is 0 Å². The van der Waals surface area contributed by atoms with E-state index < -0.39 is 11.5 Å². The molecular formula is C13H23N3O2. The monoisotopic (exact) mass is 253 g/mol. The molecule has 0 saturated heterocycles. The van der Waals surface area contributed by atoms with Crippen LogP contribution in [0.3, 0.4) is 0 Å². The van der Waals surface area contributed by atoms with Crippen LogP contribution in [-0.2, 0) is 17.8 Å². The summed E-state index contributed by atoms with van der Waals surface area (Å²) in [7, 11) is 0. The summed E-state index contributed by atoms with van der Waals surface area (Å²) < 4.78 is 2.14. The summed E-state index contributed by atoms with van der Waals surface area (Å²) >= 11 is 0. The third kappa shape index (κ3) is 4.14. The minimum atomic E-state index is -1.11. The average Bonchev–Trinajstić information content (AvgIpc) is 2.72. The van der Waals surface area contributed by atoms with Crippen molar-refractivity contribution in [3.63, 3.8) is 0 Å². The van der Waals surface area contributed by atoms with Gasteiger partial charge in [-0.15, -0.1) is 0 Å². The highest BCUT2D eigenvalue weighted by Crippen LogP contribution is 2.12. The smallest absolute Gasteiger partial charge is 0.323 e. The molecule has 1 heterocycles. The first-order valence-corrected chi connectivity index (χ1v) is 6.49. The largest absolute Gasteiger partial charge is 0.480 e. The fraction of sp³-hybridized carbons (Fsp3) is 0.692. The Morgan fingerprint density at radius 3 is 2.89 bits per heavy atom. The quantitative estimate of drug-likeness (QED) is 0.692. The lowest BCUT2D eigenvalue weighted by Crippen LogP contribution is -2.44. The molecule has 5 nitrogen and oxygen atoms in total. The third-order valence-corrected chi connectivity index (χ3v) is 3.11. The van der Waals surface area contributed by atoms with E-state index in [1.807, 2.05) is 12.4 Å². The van der Waals surface area contributed by atoms with E-state index in [0.717, 1.165) is 38.1 Å². The van der Waals surface area contributed by atoms with Crippen molar-refractivity contribution in [3.05, 3.63) is 18.2 Å². The molecule has 0 aliphatic rings. The fourth-order valence-corrected chi connectivity index (χ4v) is 1.88. The van der Waals surface area contributed by atoms with Gasteiger partial charge in [-0.2, -0.15) is 0 Å². The van der Waals surface area contributed by atoms with Gasteiger partial charge in [0.05, 0.1) is 0 Å². The Kier molecular flexibility index (Phi) is 5.34. The molecule has 0 aliphatic heterocycles. The van der Waals surface area contributed by atoms with E-state index in [1.54, 1.807) is 6.92 Å². The first-order chi connectivity index (χ1) is 8.47. The zero-order valence-electron chi connectivity index (χ0n) is 11.2. The lowest BCUT2D eigenvalue weighted by atomic mass is 9.96. The molecule has 0 saturated carbocycles. The van der Waals surface area contributed by atoms with Crippen LogP contribution in [0, 0.1) is 0 Å². The lowest BCUT2D eigenvalue weighted by molar-refractivity contribution is -0.142. The molecule has 0 aromatic carbocycles. The molecule has 5 heteroatoms. The van der Waals surface area contributed by atoms with Gasteiger partial charge in [0.2, 0.25) is 0 Å². The summed E-state index contributed by atoms with van der Waals surface area (Å²) in [4.78, 5) is 15.1. The predicted molar refractivity (Wildman–Crippen MR) is 70.3 cm³/mol. The standard InChI is InChI=1S/C13H23N3O2/c1-3-6-11-15-8-10-16(11)9-5-4-7-13(2,14)12(17)18/h8,10H,3-7,9,14H2,1-2H3,(H,17,18). The average molecular weight is 253 g/mol. The highest BCUT2D eigenvalue weighted by atomic mass is 16.4. The van der Waals surface area contributed by atoms with Crippen molar-refractivity contribution >= 4 is 5.97 Å². The lowest BCUT2D eigenvalue weighted by Gasteiger charge is -2.18. The van der Waals surface area contributed by atoms with Gasteiger partial charge in [0.15, 0.2) is 0 Å². The number of imidazole rings is 1. The van der Waals surface area contributed by atoms with Gasteiger partial charge >= 0.3 is 5.97 Å². The number of aliphatic carboxylic acids is 1. The van der Waals surface area contributed by atoms with E-state index in [0.29, 0.717) is 6.42 Å². The molecular weight excluding hydrogens is 230 g/mol. The Hall–Kier alpha value is -1.36. The molecule has 0 amide bonds. The summed E-state index contributed by atoms with van der Waals surface area (Å²) in [5.74, 6) is 0.169. The van der Waals surface area contributed by atoms with Crippen LogP contribution in [0.15, 0.2) is 12.4 Å². The maximum atomic E-state index is 10.8. The molecule has 0 bridgehead atoms. The maximum Gasteiger partial charge on any atom is 0.323 e. The van der Waals surface area contributed by atoms with Gasteiger partial charge in [-0.1, -0.05) is 6.92 Å². The van der Waals surface area contributed by atoms with Gasteiger partial charge in [0, 0.05) is 25.4 Å². The number of carboxylic acid groups (broad SMARTS) is 1. The SMILES string of the molecule is CCCc1nccn1CCCCC(C)(N)C(=O)O. The second kappa shape index (κ2) is 6.54. The molecule has 1 aromatic heterocycles. The molecule has 1 atom stereocenters. The first kappa shape index (κ1) is 14.7. The Balaban J connectivity index is 2.34. The molecule has 0 radical (unpaired) electrons. The maximum absolute atomic E-state index is 10.8. The van der Waals surface area contributed by atoms with E-state index >= 15 is 0 Å². The third-order valence-electron chi connectivity index (χ3n) is 3.11. The van der Waals surface area contributed by atoms with E-state index in [1.165, 1.54) is 0 Å². The van der Waals surface area contributed by atoms with Gasteiger partial charge in [-0.3, -0.25) is 4.79 Å². The number of nitrogens with zero attached hydrogens (tertiary/aromatic N) is 2. The van der Waals surface area contributed by atoms with Crippen LogP contribution in [0.5, 0.6) is 0 Å². The molecule has 1 unspecified atom stereocenters. The topological polar surface area (TPSA) is 81.1 Å². The minimum absolute atomic E-state index is 0.500. The highest BCUT2D eigenvalue weighted by Gasteiger charge is 2.26. The van der Waals surface area contributed by atoms with Crippen LogP contribution in [0.1, 0.15) is 45.4 Å². The summed E-state index contributed by atoms with van der Waals surface area (Å²) in [5, 5.41) is 8.90. The number of hydrogen-bond donors (Lipinski definition) is 2. The van der Waals surface area contributed by atoms with Crippen molar-refractivity contribution in [2.24, 2.45) is 5.73 Å². The van der Waals surface area contributed by atoms with Gasteiger partial charge in [-0.05, 0) is 32.6 Å². The van der Waals surface area contributed by atoms with E-state index in [2.05, 4.69) is 16.5 Å².